The van der Waals surface area contributed by atoms with Crippen LogP contribution >= 0.6 is 0 Å². The number of carbonyl (C=O) groups is 2. The van der Waals surface area contributed by atoms with Crippen LogP contribution in [0.4, 0.5) is 4.39 Å². The van der Waals surface area contributed by atoms with Gasteiger partial charge in [-0.2, -0.15) is 0 Å². The number of esters is 2. The predicted molar refractivity (Wildman–Crippen MR) is 109 cm³/mol. The van der Waals surface area contributed by atoms with E-state index >= 15 is 0 Å². The fraction of sp³-hybridized carbons (Fsp3) is 0.304. The molecule has 0 saturated heterocycles. The van der Waals surface area contributed by atoms with Crippen molar-refractivity contribution in [2.45, 2.75) is 34.6 Å². The first kappa shape index (κ1) is 22.1. The van der Waals surface area contributed by atoms with E-state index in [0.29, 0.717) is 29.2 Å². The Balaban J connectivity index is 2.36. The van der Waals surface area contributed by atoms with E-state index in [0.717, 1.165) is 0 Å². The van der Waals surface area contributed by atoms with Crippen molar-refractivity contribution >= 4 is 11.9 Å². The van der Waals surface area contributed by atoms with E-state index in [2.05, 4.69) is 6.58 Å². The Morgan fingerprint density at radius 2 is 1.72 bits per heavy atom. The van der Waals surface area contributed by atoms with E-state index < -0.39 is 17.2 Å². The van der Waals surface area contributed by atoms with Crippen molar-refractivity contribution in [3.63, 3.8) is 0 Å². The van der Waals surface area contributed by atoms with Crippen molar-refractivity contribution in [1.82, 2.24) is 0 Å². The second kappa shape index (κ2) is 8.90. The molecule has 0 atom stereocenters. The molecular weight excluding hydrogens is 375 g/mol. The van der Waals surface area contributed by atoms with Crippen LogP contribution in [0.1, 0.15) is 34.6 Å². The Kier molecular flexibility index (Phi) is 6.80. The lowest BCUT2D eigenvalue weighted by Gasteiger charge is -2.18. The smallest absolute Gasteiger partial charge is 0.338 e. The molecule has 29 heavy (non-hydrogen) atoms. The van der Waals surface area contributed by atoms with Crippen LogP contribution in [0.15, 0.2) is 48.6 Å². The molecule has 2 aromatic rings. The molecule has 0 aromatic heterocycles. The van der Waals surface area contributed by atoms with Crippen LogP contribution < -0.4 is 14.2 Å². The average Bonchev–Trinajstić information content (AvgIpc) is 2.63. The third-order valence-electron chi connectivity index (χ3n) is 3.87. The van der Waals surface area contributed by atoms with Crippen LogP contribution in [0.5, 0.6) is 17.2 Å². The SMILES string of the molecule is C=C(C)C(=O)Oc1ccc(-c2ccc(OC(=O)C(C)(C)C)cc2OCC)cc1F. The topological polar surface area (TPSA) is 61.8 Å². The second-order valence-corrected chi connectivity index (χ2v) is 7.55. The van der Waals surface area contributed by atoms with Gasteiger partial charge in [-0.15, -0.1) is 0 Å². The second-order valence-electron chi connectivity index (χ2n) is 7.55. The lowest BCUT2D eigenvalue weighted by atomic mass is 9.97. The summed E-state index contributed by atoms with van der Waals surface area (Å²) in [5, 5.41) is 0. The number of halogens is 1. The van der Waals surface area contributed by atoms with E-state index in [4.69, 9.17) is 14.2 Å². The van der Waals surface area contributed by atoms with Gasteiger partial charge in [0.05, 0.1) is 12.0 Å². The van der Waals surface area contributed by atoms with Gasteiger partial charge in [-0.1, -0.05) is 12.6 Å². The monoisotopic (exact) mass is 400 g/mol. The highest BCUT2D eigenvalue weighted by atomic mass is 19.1. The van der Waals surface area contributed by atoms with Crippen LogP contribution in [0.25, 0.3) is 11.1 Å². The molecule has 0 aliphatic heterocycles. The summed E-state index contributed by atoms with van der Waals surface area (Å²) in [6, 6.07) is 9.13. The minimum absolute atomic E-state index is 0.174. The first-order valence-corrected chi connectivity index (χ1v) is 9.19. The van der Waals surface area contributed by atoms with Gasteiger partial charge in [-0.25, -0.2) is 9.18 Å². The van der Waals surface area contributed by atoms with Gasteiger partial charge in [-0.3, -0.25) is 4.79 Å². The van der Waals surface area contributed by atoms with Crippen molar-refractivity contribution in [2.24, 2.45) is 5.41 Å². The summed E-state index contributed by atoms with van der Waals surface area (Å²) in [5.74, 6) is -1.17. The molecule has 0 saturated carbocycles. The molecule has 6 heteroatoms. The Morgan fingerprint density at radius 3 is 2.28 bits per heavy atom. The van der Waals surface area contributed by atoms with Gasteiger partial charge in [0.2, 0.25) is 0 Å². The maximum atomic E-state index is 14.4. The predicted octanol–water partition coefficient (Wildman–Crippen LogP) is 5.32. The number of rotatable bonds is 6. The molecule has 2 rings (SSSR count). The van der Waals surface area contributed by atoms with Crippen molar-refractivity contribution in [3.8, 4) is 28.4 Å². The summed E-state index contributed by atoms with van der Waals surface area (Å²) in [6.45, 7) is 12.4. The van der Waals surface area contributed by atoms with E-state index in [9.17, 15) is 14.0 Å². The summed E-state index contributed by atoms with van der Waals surface area (Å²) < 4.78 is 30.5. The van der Waals surface area contributed by atoms with Gasteiger partial charge in [0.1, 0.15) is 11.5 Å². The average molecular weight is 400 g/mol. The van der Waals surface area contributed by atoms with Crippen molar-refractivity contribution in [2.75, 3.05) is 6.61 Å². The van der Waals surface area contributed by atoms with Gasteiger partial charge in [0.25, 0.3) is 0 Å². The summed E-state index contributed by atoms with van der Waals surface area (Å²) in [7, 11) is 0. The van der Waals surface area contributed by atoms with Crippen LogP contribution in [0.3, 0.4) is 0 Å². The summed E-state index contributed by atoms with van der Waals surface area (Å²) in [6.07, 6.45) is 0. The molecule has 0 unspecified atom stereocenters. The molecule has 0 bridgehead atoms. The molecule has 0 spiro atoms. The third-order valence-corrected chi connectivity index (χ3v) is 3.87. The lowest BCUT2D eigenvalue weighted by molar-refractivity contribution is -0.143. The fourth-order valence-electron chi connectivity index (χ4n) is 2.28. The van der Waals surface area contributed by atoms with Gasteiger partial charge in [-0.05, 0) is 64.4 Å². The molecule has 0 N–H and O–H groups in total. The highest BCUT2D eigenvalue weighted by Crippen LogP contribution is 2.36. The molecule has 0 aliphatic carbocycles. The van der Waals surface area contributed by atoms with E-state index in [1.54, 1.807) is 45.0 Å². The molecule has 2 aromatic carbocycles. The van der Waals surface area contributed by atoms with Gasteiger partial charge in [0, 0.05) is 17.2 Å². The number of hydrogen-bond donors (Lipinski definition) is 0. The Morgan fingerprint density at radius 1 is 1.03 bits per heavy atom. The van der Waals surface area contributed by atoms with Gasteiger partial charge < -0.3 is 14.2 Å². The number of benzene rings is 2. The normalized spacial score (nSPS) is 11.0. The first-order valence-electron chi connectivity index (χ1n) is 9.19. The minimum atomic E-state index is -0.698. The zero-order valence-corrected chi connectivity index (χ0v) is 17.3. The molecule has 0 aliphatic rings. The highest BCUT2D eigenvalue weighted by Gasteiger charge is 2.24. The molecule has 0 radical (unpaired) electrons. The Labute approximate surface area is 170 Å². The van der Waals surface area contributed by atoms with Crippen molar-refractivity contribution in [1.29, 1.82) is 0 Å². The minimum Gasteiger partial charge on any atom is -0.493 e. The molecule has 154 valence electrons. The summed E-state index contributed by atoms with van der Waals surface area (Å²) in [5.41, 5.74) is 0.659. The highest BCUT2D eigenvalue weighted by molar-refractivity contribution is 5.89. The molecule has 0 heterocycles. The van der Waals surface area contributed by atoms with Crippen LogP contribution in [-0.2, 0) is 9.59 Å². The maximum Gasteiger partial charge on any atom is 0.338 e. The Hall–Kier alpha value is -3.15. The van der Waals surface area contributed by atoms with Crippen LogP contribution in [0, 0.1) is 11.2 Å². The first-order chi connectivity index (χ1) is 13.5. The molecular formula is C23H25FO5. The number of hydrogen-bond acceptors (Lipinski definition) is 5. The van der Waals surface area contributed by atoms with E-state index in [1.807, 2.05) is 6.92 Å². The van der Waals surface area contributed by atoms with E-state index in [1.165, 1.54) is 19.1 Å². The van der Waals surface area contributed by atoms with Gasteiger partial charge in [0.15, 0.2) is 11.6 Å². The number of ether oxygens (including phenoxy) is 3. The zero-order valence-electron chi connectivity index (χ0n) is 17.3. The summed E-state index contributed by atoms with van der Waals surface area (Å²) in [4.78, 5) is 23.7. The molecule has 0 amide bonds. The third kappa shape index (κ3) is 5.67. The molecule has 5 nitrogen and oxygen atoms in total. The fourth-order valence-corrected chi connectivity index (χ4v) is 2.28. The van der Waals surface area contributed by atoms with Crippen LogP contribution in [-0.4, -0.2) is 18.5 Å². The van der Waals surface area contributed by atoms with Gasteiger partial charge >= 0.3 is 11.9 Å². The lowest BCUT2D eigenvalue weighted by Crippen LogP contribution is -2.25. The largest absolute Gasteiger partial charge is 0.493 e. The van der Waals surface area contributed by atoms with Crippen LogP contribution in [0.2, 0.25) is 0 Å². The van der Waals surface area contributed by atoms with Crippen molar-refractivity contribution < 1.29 is 28.2 Å². The summed E-state index contributed by atoms with van der Waals surface area (Å²) >= 11 is 0. The maximum absolute atomic E-state index is 14.4. The standard InChI is InChI=1S/C23H25FO5/c1-7-27-20-13-16(28-22(26)23(4,5)6)9-10-17(20)15-8-11-19(18(24)12-15)29-21(25)14(2)3/h8-13H,2,7H2,1,3-6H3. The number of carbonyl (C=O) groups excluding carboxylic acids is 2. The van der Waals surface area contributed by atoms with E-state index in [-0.39, 0.29) is 17.3 Å². The molecule has 0 fully saturated rings. The quantitative estimate of drug-likeness (QED) is 0.373. The Bertz CT molecular complexity index is 941. The zero-order chi connectivity index (χ0) is 21.8. The van der Waals surface area contributed by atoms with Crippen molar-refractivity contribution in [3.05, 3.63) is 54.4 Å².